The first-order valence-corrected chi connectivity index (χ1v) is 7.51. The van der Waals surface area contributed by atoms with Crippen molar-refractivity contribution in [2.24, 2.45) is 0 Å². The number of hydrogen-bond donors (Lipinski definition) is 1. The highest BCUT2D eigenvalue weighted by molar-refractivity contribution is 7.99. The number of aliphatic hydroxyl groups is 1. The van der Waals surface area contributed by atoms with Crippen LogP contribution in [0.3, 0.4) is 0 Å². The first kappa shape index (κ1) is 13.4. The van der Waals surface area contributed by atoms with Gasteiger partial charge in [-0.2, -0.15) is 16.7 Å². The number of aromatic nitrogens is 3. The zero-order chi connectivity index (χ0) is 14.0. The molecule has 7 heteroatoms. The Labute approximate surface area is 120 Å². The van der Waals surface area contributed by atoms with Gasteiger partial charge in [-0.15, -0.1) is 0 Å². The van der Waals surface area contributed by atoms with E-state index in [1.807, 2.05) is 11.8 Å². The second-order valence-corrected chi connectivity index (χ2v) is 5.88. The van der Waals surface area contributed by atoms with Gasteiger partial charge in [0, 0.05) is 17.8 Å². The summed E-state index contributed by atoms with van der Waals surface area (Å²) in [4.78, 5) is 8.42. The lowest BCUT2D eigenvalue weighted by molar-refractivity contribution is -0.00351. The molecule has 3 rings (SSSR count). The predicted octanol–water partition coefficient (Wildman–Crippen LogP) is 1.85. The van der Waals surface area contributed by atoms with E-state index in [1.165, 1.54) is 0 Å². The summed E-state index contributed by atoms with van der Waals surface area (Å²) in [5.41, 5.74) is -0.259. The third-order valence-electron chi connectivity index (χ3n) is 3.35. The monoisotopic (exact) mass is 293 g/mol. The van der Waals surface area contributed by atoms with Gasteiger partial charge in [0.05, 0.1) is 7.11 Å². The second-order valence-electron chi connectivity index (χ2n) is 4.66. The number of pyridine rings is 1. The molecule has 0 amide bonds. The minimum Gasteiger partial charge on any atom is -0.481 e. The fraction of sp³-hybridized carbons (Fsp3) is 0.462. The van der Waals surface area contributed by atoms with Crippen molar-refractivity contribution in [2.45, 2.75) is 18.4 Å². The normalized spacial score (nSPS) is 17.9. The molecular weight excluding hydrogens is 278 g/mol. The molecule has 106 valence electrons. The Hall–Kier alpha value is -1.60. The fourth-order valence-corrected chi connectivity index (χ4v) is 3.25. The van der Waals surface area contributed by atoms with E-state index >= 15 is 0 Å². The van der Waals surface area contributed by atoms with Crippen LogP contribution in [-0.4, -0.2) is 38.8 Å². The number of methoxy groups -OCH3 is 1. The third-order valence-corrected chi connectivity index (χ3v) is 4.33. The molecule has 0 unspecified atom stereocenters. The molecule has 2 aromatic heterocycles. The number of ether oxygens (including phenoxy) is 1. The van der Waals surface area contributed by atoms with E-state index in [2.05, 4.69) is 15.1 Å². The topological polar surface area (TPSA) is 81.3 Å². The molecule has 6 nitrogen and oxygen atoms in total. The molecule has 1 saturated heterocycles. The summed E-state index contributed by atoms with van der Waals surface area (Å²) < 4.78 is 10.2. The van der Waals surface area contributed by atoms with Crippen molar-refractivity contribution >= 4 is 11.8 Å². The molecular formula is C13H15N3O3S. The number of nitrogens with zero attached hydrogens (tertiary/aromatic N) is 3. The maximum Gasteiger partial charge on any atom is 0.258 e. The molecule has 0 bridgehead atoms. The van der Waals surface area contributed by atoms with Crippen LogP contribution in [-0.2, 0) is 5.60 Å². The Morgan fingerprint density at radius 3 is 2.80 bits per heavy atom. The summed E-state index contributed by atoms with van der Waals surface area (Å²) in [6.07, 6.45) is 2.90. The molecule has 0 atom stereocenters. The average molecular weight is 293 g/mol. The summed E-state index contributed by atoms with van der Waals surface area (Å²) >= 11 is 1.83. The van der Waals surface area contributed by atoms with Crippen molar-refractivity contribution in [3.8, 4) is 17.3 Å². The largest absolute Gasteiger partial charge is 0.481 e. The van der Waals surface area contributed by atoms with Crippen molar-refractivity contribution in [1.82, 2.24) is 15.1 Å². The van der Waals surface area contributed by atoms with E-state index in [9.17, 15) is 5.11 Å². The predicted molar refractivity (Wildman–Crippen MR) is 74.5 cm³/mol. The van der Waals surface area contributed by atoms with E-state index < -0.39 is 5.60 Å². The maximum atomic E-state index is 10.5. The molecule has 0 aliphatic carbocycles. The molecule has 1 fully saturated rings. The maximum absolute atomic E-state index is 10.5. The quantitative estimate of drug-likeness (QED) is 0.924. The molecule has 1 aliphatic rings. The van der Waals surface area contributed by atoms with Crippen molar-refractivity contribution in [2.75, 3.05) is 18.6 Å². The zero-order valence-electron chi connectivity index (χ0n) is 11.1. The first-order valence-electron chi connectivity index (χ1n) is 6.36. The van der Waals surface area contributed by atoms with Crippen LogP contribution in [0.4, 0.5) is 0 Å². The lowest BCUT2D eigenvalue weighted by Crippen LogP contribution is -2.30. The Morgan fingerprint density at radius 2 is 2.15 bits per heavy atom. The van der Waals surface area contributed by atoms with Gasteiger partial charge in [-0.1, -0.05) is 5.16 Å². The van der Waals surface area contributed by atoms with Crippen LogP contribution < -0.4 is 4.74 Å². The smallest absolute Gasteiger partial charge is 0.258 e. The Balaban J connectivity index is 1.85. The van der Waals surface area contributed by atoms with Crippen LogP contribution in [0.1, 0.15) is 18.7 Å². The van der Waals surface area contributed by atoms with Gasteiger partial charge < -0.3 is 14.4 Å². The highest BCUT2D eigenvalue weighted by atomic mass is 32.2. The molecule has 20 heavy (non-hydrogen) atoms. The van der Waals surface area contributed by atoms with Gasteiger partial charge in [0.1, 0.15) is 5.60 Å². The number of hydrogen-bond acceptors (Lipinski definition) is 7. The highest BCUT2D eigenvalue weighted by Crippen LogP contribution is 2.35. The van der Waals surface area contributed by atoms with Crippen molar-refractivity contribution in [1.29, 1.82) is 0 Å². The molecule has 2 aromatic rings. The first-order chi connectivity index (χ1) is 9.71. The fourth-order valence-electron chi connectivity index (χ4n) is 2.09. The van der Waals surface area contributed by atoms with Gasteiger partial charge in [-0.05, 0) is 30.4 Å². The van der Waals surface area contributed by atoms with E-state index in [1.54, 1.807) is 25.4 Å². The van der Waals surface area contributed by atoms with Gasteiger partial charge in [0.2, 0.25) is 11.7 Å². The van der Waals surface area contributed by atoms with Gasteiger partial charge in [-0.25, -0.2) is 4.98 Å². The second kappa shape index (κ2) is 5.41. The van der Waals surface area contributed by atoms with Gasteiger partial charge >= 0.3 is 0 Å². The van der Waals surface area contributed by atoms with Crippen molar-refractivity contribution in [3.63, 3.8) is 0 Å². The molecule has 1 N–H and O–H groups in total. The summed E-state index contributed by atoms with van der Waals surface area (Å²) in [7, 11) is 1.56. The molecule has 0 aromatic carbocycles. The standard InChI is InChI=1S/C13H15N3O3S/c1-18-10-3-2-9(8-14-10)11-15-12(19-16-11)13(17)4-6-20-7-5-13/h2-3,8,17H,4-7H2,1H3. The highest BCUT2D eigenvalue weighted by Gasteiger charge is 2.37. The molecule has 0 spiro atoms. The Bertz CT molecular complexity index is 579. The van der Waals surface area contributed by atoms with Gasteiger partial charge in [0.25, 0.3) is 5.89 Å². The van der Waals surface area contributed by atoms with Crippen molar-refractivity contribution in [3.05, 3.63) is 24.2 Å². The minimum absolute atomic E-state index is 0.295. The van der Waals surface area contributed by atoms with Gasteiger partial charge in [-0.3, -0.25) is 0 Å². The van der Waals surface area contributed by atoms with Crippen LogP contribution >= 0.6 is 11.8 Å². The molecule has 1 aliphatic heterocycles. The summed E-state index contributed by atoms with van der Waals surface area (Å²) in [6, 6.07) is 3.54. The van der Waals surface area contributed by atoms with E-state index in [-0.39, 0.29) is 0 Å². The lowest BCUT2D eigenvalue weighted by Gasteiger charge is -2.27. The van der Waals surface area contributed by atoms with Crippen molar-refractivity contribution < 1.29 is 14.4 Å². The summed E-state index contributed by atoms with van der Waals surface area (Å²) in [6.45, 7) is 0. The van der Waals surface area contributed by atoms with Crippen LogP contribution in [0.5, 0.6) is 5.88 Å². The third kappa shape index (κ3) is 2.51. The van der Waals surface area contributed by atoms with E-state index in [0.717, 1.165) is 17.1 Å². The van der Waals surface area contributed by atoms with E-state index in [0.29, 0.717) is 30.4 Å². The van der Waals surface area contributed by atoms with Gasteiger partial charge in [0.15, 0.2) is 0 Å². The summed E-state index contributed by atoms with van der Waals surface area (Å²) in [5, 5.41) is 14.5. The number of thioether (sulfide) groups is 1. The van der Waals surface area contributed by atoms with Crippen LogP contribution in [0.25, 0.3) is 11.4 Å². The SMILES string of the molecule is COc1ccc(-c2noc(C3(O)CCSCC3)n2)cn1. The molecule has 0 radical (unpaired) electrons. The van der Waals surface area contributed by atoms with Crippen LogP contribution in [0.2, 0.25) is 0 Å². The Kier molecular flexibility index (Phi) is 3.62. The Morgan fingerprint density at radius 1 is 1.35 bits per heavy atom. The van der Waals surface area contributed by atoms with E-state index in [4.69, 9.17) is 9.26 Å². The van der Waals surface area contributed by atoms with Crippen LogP contribution in [0.15, 0.2) is 22.9 Å². The molecule has 0 saturated carbocycles. The van der Waals surface area contributed by atoms with Crippen LogP contribution in [0, 0.1) is 0 Å². The number of rotatable bonds is 3. The average Bonchev–Trinajstić information content (AvgIpc) is 2.99. The summed E-state index contributed by atoms with van der Waals surface area (Å²) in [5.74, 6) is 3.06. The lowest BCUT2D eigenvalue weighted by atomic mass is 9.97. The molecule has 3 heterocycles. The minimum atomic E-state index is -0.990. The zero-order valence-corrected chi connectivity index (χ0v) is 11.9.